The summed E-state index contributed by atoms with van der Waals surface area (Å²) < 4.78 is 39.7. The zero-order valence-electron chi connectivity index (χ0n) is 17.7. The summed E-state index contributed by atoms with van der Waals surface area (Å²) in [6.07, 6.45) is -3.27. The second-order valence-electron chi connectivity index (χ2n) is 7.37. The minimum atomic E-state index is -4.64. The average Bonchev–Trinajstić information content (AvgIpc) is 3.16. The minimum absolute atomic E-state index is 0.0990. The van der Waals surface area contributed by atoms with E-state index in [0.29, 0.717) is 29.9 Å². The lowest BCUT2D eigenvalue weighted by molar-refractivity contribution is -0.144. The molecule has 0 radical (unpaired) electrons. The summed E-state index contributed by atoms with van der Waals surface area (Å²) in [6, 6.07) is 9.98. The summed E-state index contributed by atoms with van der Waals surface area (Å²) in [4.78, 5) is 21.9. The van der Waals surface area contributed by atoms with Gasteiger partial charge in [-0.3, -0.25) is 4.79 Å². The number of alkyl halides is 3. The van der Waals surface area contributed by atoms with Gasteiger partial charge in [0.1, 0.15) is 0 Å². The van der Waals surface area contributed by atoms with Gasteiger partial charge in [-0.2, -0.15) is 18.2 Å². The molecule has 0 bridgehead atoms. The third-order valence-corrected chi connectivity index (χ3v) is 5.09. The molecule has 0 aliphatic rings. The highest BCUT2D eigenvalue weighted by molar-refractivity contribution is 5.76. The predicted octanol–water partition coefficient (Wildman–Crippen LogP) is 3.34. The van der Waals surface area contributed by atoms with Crippen molar-refractivity contribution in [1.29, 1.82) is 0 Å². The van der Waals surface area contributed by atoms with Crippen molar-refractivity contribution in [2.24, 2.45) is 0 Å². The fraction of sp³-hybridized carbons (Fsp3) is 0.429. The van der Waals surface area contributed by atoms with Gasteiger partial charge in [0.25, 0.3) is 11.6 Å². The average molecular weight is 434 g/mol. The number of fused-ring (bicyclic) bond motifs is 1. The molecule has 0 atom stereocenters. The van der Waals surface area contributed by atoms with Gasteiger partial charge < -0.3 is 10.2 Å². The Bertz CT molecular complexity index is 1050. The fourth-order valence-electron chi connectivity index (χ4n) is 3.37. The van der Waals surface area contributed by atoms with Gasteiger partial charge in [-0.15, -0.1) is 5.10 Å². The molecule has 1 amide bonds. The molecule has 1 aromatic carbocycles. The molecule has 2 aromatic heterocycles. The molecule has 3 aromatic rings. The maximum Gasteiger partial charge on any atom is 0.453 e. The zero-order chi connectivity index (χ0) is 22.6. The largest absolute Gasteiger partial charge is 0.453 e. The molecule has 0 aliphatic heterocycles. The van der Waals surface area contributed by atoms with Crippen LogP contribution in [0.15, 0.2) is 30.3 Å². The number of para-hydroxylation sites is 1. The normalized spacial score (nSPS) is 11.7. The monoisotopic (exact) mass is 434 g/mol. The highest BCUT2D eigenvalue weighted by Gasteiger charge is 2.36. The van der Waals surface area contributed by atoms with Crippen LogP contribution < -0.4 is 10.2 Å². The molecule has 0 saturated carbocycles. The molecule has 0 saturated heterocycles. The number of amides is 1. The molecule has 0 aliphatic carbocycles. The van der Waals surface area contributed by atoms with Gasteiger partial charge in [0.2, 0.25) is 5.91 Å². The Hall–Kier alpha value is -3.17. The Morgan fingerprint density at radius 1 is 1.16 bits per heavy atom. The van der Waals surface area contributed by atoms with Crippen molar-refractivity contribution < 1.29 is 18.0 Å². The van der Waals surface area contributed by atoms with Gasteiger partial charge in [-0.05, 0) is 44.4 Å². The van der Waals surface area contributed by atoms with Crippen molar-refractivity contribution in [2.45, 2.75) is 39.3 Å². The van der Waals surface area contributed by atoms with Gasteiger partial charge in [0.15, 0.2) is 0 Å². The topological polar surface area (TPSA) is 75.4 Å². The fourth-order valence-corrected chi connectivity index (χ4v) is 3.37. The van der Waals surface area contributed by atoms with Crippen LogP contribution in [0.25, 0.3) is 5.78 Å². The third-order valence-electron chi connectivity index (χ3n) is 5.09. The SMILES string of the molecule is Cc1nc2nc(C(F)(F)F)nn2c(C)c1CCC(=O)NCCCN(C)c1ccccc1. The first-order valence-corrected chi connectivity index (χ1v) is 9.99. The summed E-state index contributed by atoms with van der Waals surface area (Å²) in [6.45, 7) is 4.70. The van der Waals surface area contributed by atoms with Crippen LogP contribution in [0.3, 0.4) is 0 Å². The number of carbonyl (C=O) groups is 1. The summed E-state index contributed by atoms with van der Waals surface area (Å²) in [5, 5.41) is 6.42. The summed E-state index contributed by atoms with van der Waals surface area (Å²) >= 11 is 0. The van der Waals surface area contributed by atoms with E-state index < -0.39 is 12.0 Å². The lowest BCUT2D eigenvalue weighted by Gasteiger charge is -2.19. The maximum absolute atomic E-state index is 12.9. The van der Waals surface area contributed by atoms with Crippen molar-refractivity contribution in [3.8, 4) is 0 Å². The predicted molar refractivity (Wildman–Crippen MR) is 111 cm³/mol. The van der Waals surface area contributed by atoms with Crippen LogP contribution in [-0.2, 0) is 17.4 Å². The van der Waals surface area contributed by atoms with E-state index in [-0.39, 0.29) is 18.1 Å². The van der Waals surface area contributed by atoms with Crippen molar-refractivity contribution >= 4 is 17.4 Å². The second kappa shape index (κ2) is 9.32. The third kappa shape index (κ3) is 5.50. The van der Waals surface area contributed by atoms with Crippen molar-refractivity contribution in [3.05, 3.63) is 53.1 Å². The quantitative estimate of drug-likeness (QED) is 0.551. The van der Waals surface area contributed by atoms with E-state index in [1.54, 1.807) is 13.8 Å². The van der Waals surface area contributed by atoms with E-state index in [1.165, 1.54) is 0 Å². The molecule has 2 heterocycles. The van der Waals surface area contributed by atoms with Crippen LogP contribution in [-0.4, -0.2) is 45.6 Å². The summed E-state index contributed by atoms with van der Waals surface area (Å²) in [7, 11) is 2.00. The second-order valence-corrected chi connectivity index (χ2v) is 7.37. The first-order valence-electron chi connectivity index (χ1n) is 9.99. The molecule has 1 N–H and O–H groups in total. The van der Waals surface area contributed by atoms with Crippen LogP contribution in [0, 0.1) is 13.8 Å². The van der Waals surface area contributed by atoms with Crippen LogP contribution in [0.1, 0.15) is 35.6 Å². The van der Waals surface area contributed by atoms with E-state index in [0.717, 1.165) is 23.2 Å². The summed E-state index contributed by atoms with van der Waals surface area (Å²) in [5.41, 5.74) is 2.86. The molecule has 0 spiro atoms. The minimum Gasteiger partial charge on any atom is -0.375 e. The van der Waals surface area contributed by atoms with Crippen LogP contribution >= 0.6 is 0 Å². The Balaban J connectivity index is 1.52. The number of carbonyl (C=O) groups excluding carboxylic acids is 1. The Labute approximate surface area is 178 Å². The Kier molecular flexibility index (Phi) is 6.77. The standard InChI is InChI=1S/C21H25F3N6O/c1-14-17(15(2)30-20(26-14)27-19(28-30)21(22,23)24)10-11-18(31)25-12-7-13-29(3)16-8-5-4-6-9-16/h4-6,8-9H,7,10-13H2,1-3H3,(H,25,31). The number of hydrogen-bond donors (Lipinski definition) is 1. The molecule has 7 nitrogen and oxygen atoms in total. The highest BCUT2D eigenvalue weighted by Crippen LogP contribution is 2.27. The lowest BCUT2D eigenvalue weighted by Crippen LogP contribution is -2.28. The number of aryl methyl sites for hydroxylation is 2. The number of rotatable bonds is 8. The Morgan fingerprint density at radius 2 is 1.87 bits per heavy atom. The number of hydrogen-bond acceptors (Lipinski definition) is 5. The van der Waals surface area contributed by atoms with Crippen molar-refractivity contribution in [2.75, 3.05) is 25.0 Å². The molecule has 0 fully saturated rings. The zero-order valence-corrected chi connectivity index (χ0v) is 17.7. The molecular formula is C21H25F3N6O. The van der Waals surface area contributed by atoms with Crippen molar-refractivity contribution in [1.82, 2.24) is 24.9 Å². The van der Waals surface area contributed by atoms with E-state index >= 15 is 0 Å². The van der Waals surface area contributed by atoms with E-state index in [4.69, 9.17) is 0 Å². The number of anilines is 1. The molecule has 0 unspecified atom stereocenters. The molecule has 10 heteroatoms. The molecule has 166 valence electrons. The lowest BCUT2D eigenvalue weighted by atomic mass is 10.1. The maximum atomic E-state index is 12.9. The smallest absolute Gasteiger partial charge is 0.375 e. The van der Waals surface area contributed by atoms with Gasteiger partial charge in [-0.25, -0.2) is 9.50 Å². The van der Waals surface area contributed by atoms with Crippen molar-refractivity contribution in [3.63, 3.8) is 0 Å². The van der Waals surface area contributed by atoms with Gasteiger partial charge in [0.05, 0.1) is 0 Å². The Morgan fingerprint density at radius 3 is 2.55 bits per heavy atom. The van der Waals surface area contributed by atoms with Crippen LogP contribution in [0.5, 0.6) is 0 Å². The van der Waals surface area contributed by atoms with Crippen LogP contribution in [0.4, 0.5) is 18.9 Å². The molecule has 31 heavy (non-hydrogen) atoms. The number of halogens is 3. The van der Waals surface area contributed by atoms with Gasteiger partial charge >= 0.3 is 6.18 Å². The highest BCUT2D eigenvalue weighted by atomic mass is 19.4. The van der Waals surface area contributed by atoms with E-state index in [9.17, 15) is 18.0 Å². The molecular weight excluding hydrogens is 409 g/mol. The first-order chi connectivity index (χ1) is 14.7. The number of aromatic nitrogens is 4. The molecule has 3 rings (SSSR count). The van der Waals surface area contributed by atoms with E-state index in [2.05, 4.69) is 25.3 Å². The first kappa shape index (κ1) is 22.5. The number of benzene rings is 1. The van der Waals surface area contributed by atoms with Gasteiger partial charge in [0, 0.05) is 43.6 Å². The van der Waals surface area contributed by atoms with Gasteiger partial charge in [-0.1, -0.05) is 18.2 Å². The number of nitrogens with one attached hydrogen (secondary N) is 1. The number of nitrogens with zero attached hydrogens (tertiary/aromatic N) is 5. The van der Waals surface area contributed by atoms with E-state index in [1.807, 2.05) is 37.4 Å². The summed E-state index contributed by atoms with van der Waals surface area (Å²) in [5.74, 6) is -1.44. The van der Waals surface area contributed by atoms with Crippen LogP contribution in [0.2, 0.25) is 0 Å².